The van der Waals surface area contributed by atoms with Crippen molar-refractivity contribution in [2.45, 2.75) is 20.0 Å². The molecule has 2 rings (SSSR count). The summed E-state index contributed by atoms with van der Waals surface area (Å²) < 4.78 is 1.96. The van der Waals surface area contributed by atoms with Crippen molar-refractivity contribution >= 4 is 12.4 Å². The van der Waals surface area contributed by atoms with Crippen molar-refractivity contribution in [3.05, 3.63) is 11.6 Å². The van der Waals surface area contributed by atoms with Crippen LogP contribution in [0.25, 0.3) is 0 Å². The minimum absolute atomic E-state index is 0. The standard InChI is InChI=1S/C6H10N4.ClH/c1-5-8-6-4-7-2-3-10(6)9-5;/h7H,2-4H2,1H3;1H. The number of aryl methyl sites for hydroxylation is 1. The Morgan fingerprint density at radius 2 is 2.36 bits per heavy atom. The van der Waals surface area contributed by atoms with Gasteiger partial charge in [-0.25, -0.2) is 9.67 Å². The summed E-state index contributed by atoms with van der Waals surface area (Å²) in [5, 5.41) is 7.45. The Labute approximate surface area is 71.4 Å². The molecule has 0 saturated heterocycles. The Kier molecular flexibility index (Phi) is 2.46. The topological polar surface area (TPSA) is 42.7 Å². The molecule has 0 aliphatic carbocycles. The van der Waals surface area contributed by atoms with Gasteiger partial charge in [-0.15, -0.1) is 12.4 Å². The van der Waals surface area contributed by atoms with E-state index in [9.17, 15) is 0 Å². The number of hydrogen-bond donors (Lipinski definition) is 1. The number of nitrogens with zero attached hydrogens (tertiary/aromatic N) is 3. The fourth-order valence-electron chi connectivity index (χ4n) is 1.19. The first kappa shape index (κ1) is 8.49. The van der Waals surface area contributed by atoms with E-state index in [1.165, 1.54) is 0 Å². The van der Waals surface area contributed by atoms with Gasteiger partial charge in [0.25, 0.3) is 0 Å². The van der Waals surface area contributed by atoms with Gasteiger partial charge >= 0.3 is 0 Å². The lowest BCUT2D eigenvalue weighted by Crippen LogP contribution is -2.28. The summed E-state index contributed by atoms with van der Waals surface area (Å²) in [6.45, 7) is 4.75. The third kappa shape index (κ3) is 1.52. The highest BCUT2D eigenvalue weighted by Crippen LogP contribution is 2.00. The van der Waals surface area contributed by atoms with Crippen LogP contribution in [0.1, 0.15) is 11.6 Å². The van der Waals surface area contributed by atoms with Gasteiger partial charge in [-0.3, -0.25) is 0 Å². The SMILES string of the molecule is Cc1nc2n(n1)CCNC2.Cl. The highest BCUT2D eigenvalue weighted by Gasteiger charge is 2.09. The van der Waals surface area contributed by atoms with Crippen LogP contribution in [0.3, 0.4) is 0 Å². The van der Waals surface area contributed by atoms with Gasteiger partial charge in [0.2, 0.25) is 0 Å². The van der Waals surface area contributed by atoms with E-state index in [0.717, 1.165) is 31.3 Å². The second kappa shape index (κ2) is 3.19. The monoisotopic (exact) mass is 174 g/mol. The van der Waals surface area contributed by atoms with Crippen LogP contribution in [0.5, 0.6) is 0 Å². The van der Waals surface area contributed by atoms with Crippen LogP contribution in [0, 0.1) is 6.92 Å². The van der Waals surface area contributed by atoms with E-state index in [-0.39, 0.29) is 12.4 Å². The molecule has 11 heavy (non-hydrogen) atoms. The van der Waals surface area contributed by atoms with E-state index < -0.39 is 0 Å². The normalized spacial score (nSPS) is 15.4. The summed E-state index contributed by atoms with van der Waals surface area (Å²) in [6, 6.07) is 0. The van der Waals surface area contributed by atoms with Gasteiger partial charge in [-0.1, -0.05) is 0 Å². The van der Waals surface area contributed by atoms with Crippen LogP contribution >= 0.6 is 12.4 Å². The molecule has 0 saturated carbocycles. The second-order valence-corrected chi connectivity index (χ2v) is 2.48. The van der Waals surface area contributed by atoms with Crippen molar-refractivity contribution in [2.24, 2.45) is 0 Å². The molecule has 0 fully saturated rings. The van der Waals surface area contributed by atoms with Crippen LogP contribution in [0.2, 0.25) is 0 Å². The molecule has 0 bridgehead atoms. The number of nitrogens with one attached hydrogen (secondary N) is 1. The van der Waals surface area contributed by atoms with Gasteiger partial charge in [0.15, 0.2) is 0 Å². The largest absolute Gasteiger partial charge is 0.308 e. The van der Waals surface area contributed by atoms with E-state index in [2.05, 4.69) is 15.4 Å². The molecule has 62 valence electrons. The van der Waals surface area contributed by atoms with Gasteiger partial charge in [-0.05, 0) is 6.92 Å². The van der Waals surface area contributed by atoms with Crippen LogP contribution in [-0.4, -0.2) is 21.3 Å². The predicted molar refractivity (Wildman–Crippen MR) is 43.7 cm³/mol. The lowest BCUT2D eigenvalue weighted by Gasteiger charge is -2.11. The van der Waals surface area contributed by atoms with Crippen molar-refractivity contribution in [1.82, 2.24) is 20.1 Å². The van der Waals surface area contributed by atoms with Crippen molar-refractivity contribution in [2.75, 3.05) is 6.54 Å². The van der Waals surface area contributed by atoms with Gasteiger partial charge < -0.3 is 5.32 Å². The van der Waals surface area contributed by atoms with E-state index >= 15 is 0 Å². The fraction of sp³-hybridized carbons (Fsp3) is 0.667. The van der Waals surface area contributed by atoms with Crippen molar-refractivity contribution in [3.8, 4) is 0 Å². The van der Waals surface area contributed by atoms with Crippen molar-refractivity contribution in [1.29, 1.82) is 0 Å². The number of hydrogen-bond acceptors (Lipinski definition) is 3. The fourth-order valence-corrected chi connectivity index (χ4v) is 1.19. The zero-order valence-corrected chi connectivity index (χ0v) is 7.19. The molecule has 0 atom stereocenters. The first-order valence-electron chi connectivity index (χ1n) is 3.47. The lowest BCUT2D eigenvalue weighted by atomic mass is 10.4. The summed E-state index contributed by atoms with van der Waals surface area (Å²) in [7, 11) is 0. The average Bonchev–Trinajstić information content (AvgIpc) is 2.27. The molecule has 1 aromatic heterocycles. The number of fused-ring (bicyclic) bond motifs is 1. The van der Waals surface area contributed by atoms with Crippen molar-refractivity contribution < 1.29 is 0 Å². The summed E-state index contributed by atoms with van der Waals surface area (Å²) in [5.74, 6) is 1.93. The van der Waals surface area contributed by atoms with E-state index in [4.69, 9.17) is 0 Å². The Balaban J connectivity index is 0.000000605. The summed E-state index contributed by atoms with van der Waals surface area (Å²) in [5.41, 5.74) is 0. The Morgan fingerprint density at radius 1 is 1.55 bits per heavy atom. The lowest BCUT2D eigenvalue weighted by molar-refractivity contribution is 0.468. The molecule has 0 aromatic carbocycles. The van der Waals surface area contributed by atoms with Crippen LogP contribution < -0.4 is 5.32 Å². The van der Waals surface area contributed by atoms with Gasteiger partial charge in [0.05, 0.1) is 13.1 Å². The van der Waals surface area contributed by atoms with Crippen LogP contribution in [-0.2, 0) is 13.1 Å². The maximum absolute atomic E-state index is 4.24. The van der Waals surface area contributed by atoms with Gasteiger partial charge in [0.1, 0.15) is 11.6 Å². The predicted octanol–water partition coefficient (Wildman–Crippen LogP) is 0.112. The molecule has 0 unspecified atom stereocenters. The maximum Gasteiger partial charge on any atom is 0.147 e. The molecule has 0 radical (unpaired) electrons. The van der Waals surface area contributed by atoms with Gasteiger partial charge in [0, 0.05) is 6.54 Å². The number of rotatable bonds is 0. The molecule has 5 heteroatoms. The summed E-state index contributed by atoms with van der Waals surface area (Å²) >= 11 is 0. The molecule has 0 amide bonds. The van der Waals surface area contributed by atoms with E-state index in [0.29, 0.717) is 0 Å². The van der Waals surface area contributed by atoms with Crippen molar-refractivity contribution in [3.63, 3.8) is 0 Å². The second-order valence-electron chi connectivity index (χ2n) is 2.48. The first-order valence-corrected chi connectivity index (χ1v) is 3.47. The minimum atomic E-state index is 0. The van der Waals surface area contributed by atoms with Gasteiger partial charge in [-0.2, -0.15) is 5.10 Å². The third-order valence-corrected chi connectivity index (χ3v) is 1.64. The Morgan fingerprint density at radius 3 is 3.09 bits per heavy atom. The quantitative estimate of drug-likeness (QED) is 0.607. The smallest absolute Gasteiger partial charge is 0.147 e. The summed E-state index contributed by atoms with van der Waals surface area (Å²) in [4.78, 5) is 4.24. The molecule has 1 aliphatic heterocycles. The Bertz CT molecular complexity index is 221. The van der Waals surface area contributed by atoms with Crippen LogP contribution in [0.15, 0.2) is 0 Å². The molecular formula is C6H11ClN4. The molecule has 2 heterocycles. The highest BCUT2D eigenvalue weighted by molar-refractivity contribution is 5.85. The number of aromatic nitrogens is 3. The molecule has 1 N–H and O–H groups in total. The Hall–Kier alpha value is -0.610. The third-order valence-electron chi connectivity index (χ3n) is 1.64. The number of halogens is 1. The summed E-state index contributed by atoms with van der Waals surface area (Å²) in [6.07, 6.45) is 0. The average molecular weight is 175 g/mol. The molecule has 4 nitrogen and oxygen atoms in total. The van der Waals surface area contributed by atoms with Crippen LogP contribution in [0.4, 0.5) is 0 Å². The molecule has 1 aliphatic rings. The minimum Gasteiger partial charge on any atom is -0.308 e. The first-order chi connectivity index (χ1) is 4.86. The maximum atomic E-state index is 4.24. The zero-order valence-electron chi connectivity index (χ0n) is 6.37. The molecule has 1 aromatic rings. The molecular weight excluding hydrogens is 164 g/mol. The highest BCUT2D eigenvalue weighted by atomic mass is 35.5. The zero-order chi connectivity index (χ0) is 6.97. The molecule has 0 spiro atoms. The van der Waals surface area contributed by atoms with E-state index in [1.807, 2.05) is 11.6 Å². The van der Waals surface area contributed by atoms with E-state index in [1.54, 1.807) is 0 Å².